The number of hydrogen-bond donors (Lipinski definition) is 2. The molecule has 6 heteroatoms. The van der Waals surface area contributed by atoms with Crippen LogP contribution < -0.4 is 20.1 Å². The number of nitrogens with one attached hydrogen (secondary N) is 2. The van der Waals surface area contributed by atoms with E-state index in [9.17, 15) is 0 Å². The molecule has 0 amide bonds. The molecule has 0 spiro atoms. The second-order valence-corrected chi connectivity index (χ2v) is 6.85. The number of aryl methyl sites for hydroxylation is 1. The average Bonchev–Trinajstić information content (AvgIpc) is 3.52. The molecule has 1 aromatic carbocycles. The number of benzene rings is 1. The molecule has 6 nitrogen and oxygen atoms in total. The molecule has 3 rings (SSSR count). The summed E-state index contributed by atoms with van der Waals surface area (Å²) in [5, 5.41) is 6.65. The van der Waals surface area contributed by atoms with E-state index in [1.54, 1.807) is 20.4 Å². The highest BCUT2D eigenvalue weighted by atomic mass is 16.5. The zero-order valence-corrected chi connectivity index (χ0v) is 16.3. The molecule has 0 atom stereocenters. The fraction of sp³-hybridized carbons (Fsp3) is 0.429. The fourth-order valence-electron chi connectivity index (χ4n) is 2.71. The Morgan fingerprint density at radius 3 is 2.74 bits per heavy atom. The fourth-order valence-corrected chi connectivity index (χ4v) is 2.71. The number of rotatable bonds is 8. The molecule has 0 unspecified atom stereocenters. The maximum Gasteiger partial charge on any atom is 0.213 e. The minimum atomic E-state index is 0.634. The van der Waals surface area contributed by atoms with Crippen molar-refractivity contribution < 1.29 is 9.47 Å². The Balaban J connectivity index is 1.51. The molecule has 144 valence electrons. The molecular formula is C21H28N4O2. The summed E-state index contributed by atoms with van der Waals surface area (Å²) in [6, 6.07) is 10.1. The maximum atomic E-state index is 5.75. The second kappa shape index (κ2) is 9.26. The van der Waals surface area contributed by atoms with E-state index in [1.165, 1.54) is 18.4 Å². The normalized spacial score (nSPS) is 14.0. The van der Waals surface area contributed by atoms with Crippen LogP contribution in [0.2, 0.25) is 0 Å². The number of pyridine rings is 1. The highest BCUT2D eigenvalue weighted by Gasteiger charge is 2.22. The molecule has 1 aliphatic rings. The van der Waals surface area contributed by atoms with Gasteiger partial charge in [0.1, 0.15) is 5.75 Å². The SMILES string of the molecule is CN=C(NCc1ccnc(OCC2CC2)c1)NCc1ccc(C)cc1OC. The van der Waals surface area contributed by atoms with Gasteiger partial charge < -0.3 is 20.1 Å². The number of guanidine groups is 1. The average molecular weight is 368 g/mol. The number of hydrogen-bond acceptors (Lipinski definition) is 4. The van der Waals surface area contributed by atoms with E-state index in [0.29, 0.717) is 19.0 Å². The monoisotopic (exact) mass is 368 g/mol. The molecule has 0 radical (unpaired) electrons. The van der Waals surface area contributed by atoms with Crippen LogP contribution in [0, 0.1) is 12.8 Å². The van der Waals surface area contributed by atoms with Gasteiger partial charge in [0, 0.05) is 38.0 Å². The van der Waals surface area contributed by atoms with Crippen LogP contribution >= 0.6 is 0 Å². The third-order valence-electron chi connectivity index (χ3n) is 4.54. The van der Waals surface area contributed by atoms with Crippen LogP contribution in [0.5, 0.6) is 11.6 Å². The molecular weight excluding hydrogens is 340 g/mol. The Labute approximate surface area is 161 Å². The van der Waals surface area contributed by atoms with E-state index in [2.05, 4.69) is 39.7 Å². The molecule has 27 heavy (non-hydrogen) atoms. The van der Waals surface area contributed by atoms with Gasteiger partial charge >= 0.3 is 0 Å². The summed E-state index contributed by atoms with van der Waals surface area (Å²) in [5.74, 6) is 3.02. The molecule has 1 fully saturated rings. The zero-order valence-electron chi connectivity index (χ0n) is 16.3. The van der Waals surface area contributed by atoms with Crippen LogP contribution in [0.3, 0.4) is 0 Å². The first-order chi connectivity index (χ1) is 13.2. The van der Waals surface area contributed by atoms with Crippen molar-refractivity contribution >= 4 is 5.96 Å². The van der Waals surface area contributed by atoms with Crippen LogP contribution in [0.25, 0.3) is 0 Å². The Morgan fingerprint density at radius 2 is 2.00 bits per heavy atom. The Bertz CT molecular complexity index is 788. The quantitative estimate of drug-likeness (QED) is 0.554. The number of nitrogens with zero attached hydrogens (tertiary/aromatic N) is 2. The molecule has 0 bridgehead atoms. The summed E-state index contributed by atoms with van der Waals surface area (Å²) in [6.07, 6.45) is 4.33. The lowest BCUT2D eigenvalue weighted by molar-refractivity contribution is 0.288. The molecule has 1 saturated carbocycles. The number of aliphatic imine (C=N–C) groups is 1. The van der Waals surface area contributed by atoms with Crippen LogP contribution in [0.15, 0.2) is 41.5 Å². The van der Waals surface area contributed by atoms with E-state index in [1.807, 2.05) is 18.2 Å². The van der Waals surface area contributed by atoms with Gasteiger partial charge in [-0.25, -0.2) is 4.98 Å². The lowest BCUT2D eigenvalue weighted by Gasteiger charge is -2.14. The first-order valence-electron chi connectivity index (χ1n) is 9.33. The summed E-state index contributed by atoms with van der Waals surface area (Å²) in [4.78, 5) is 8.57. The predicted molar refractivity (Wildman–Crippen MR) is 107 cm³/mol. The number of methoxy groups -OCH3 is 1. The minimum absolute atomic E-state index is 0.634. The molecule has 2 N–H and O–H groups in total. The summed E-state index contributed by atoms with van der Waals surface area (Å²) < 4.78 is 11.2. The van der Waals surface area contributed by atoms with Crippen LogP contribution in [0.1, 0.15) is 29.5 Å². The minimum Gasteiger partial charge on any atom is -0.496 e. The first kappa shape index (κ1) is 19.0. The summed E-state index contributed by atoms with van der Waals surface area (Å²) in [5.41, 5.74) is 3.37. The van der Waals surface area contributed by atoms with Crippen molar-refractivity contribution in [2.24, 2.45) is 10.9 Å². The topological polar surface area (TPSA) is 67.8 Å². The van der Waals surface area contributed by atoms with Crippen molar-refractivity contribution in [2.45, 2.75) is 32.9 Å². The Kier molecular flexibility index (Phi) is 6.52. The van der Waals surface area contributed by atoms with Crippen LogP contribution in [-0.4, -0.2) is 31.7 Å². The van der Waals surface area contributed by atoms with Crippen molar-refractivity contribution in [1.82, 2.24) is 15.6 Å². The smallest absolute Gasteiger partial charge is 0.213 e. The van der Waals surface area contributed by atoms with Gasteiger partial charge in [-0.1, -0.05) is 12.1 Å². The summed E-state index contributed by atoms with van der Waals surface area (Å²) in [7, 11) is 3.45. The van der Waals surface area contributed by atoms with Gasteiger partial charge in [0.15, 0.2) is 5.96 Å². The largest absolute Gasteiger partial charge is 0.496 e. The third-order valence-corrected chi connectivity index (χ3v) is 4.54. The van der Waals surface area contributed by atoms with Gasteiger partial charge in [0.05, 0.1) is 13.7 Å². The molecule has 1 heterocycles. The van der Waals surface area contributed by atoms with E-state index in [-0.39, 0.29) is 0 Å². The van der Waals surface area contributed by atoms with E-state index >= 15 is 0 Å². The lowest BCUT2D eigenvalue weighted by atomic mass is 10.1. The molecule has 2 aromatic rings. The van der Waals surface area contributed by atoms with Gasteiger partial charge in [-0.2, -0.15) is 0 Å². The van der Waals surface area contributed by atoms with Crippen molar-refractivity contribution in [3.05, 3.63) is 53.2 Å². The molecule has 1 aliphatic carbocycles. The van der Waals surface area contributed by atoms with Gasteiger partial charge in [0.25, 0.3) is 0 Å². The standard InChI is InChI=1S/C21H28N4O2/c1-15-4-7-18(19(10-15)26-3)13-25-21(22-2)24-12-17-8-9-23-20(11-17)27-14-16-5-6-16/h4,7-11,16H,5-6,12-14H2,1-3H3,(H2,22,24,25). The predicted octanol–water partition coefficient (Wildman–Crippen LogP) is 3.05. The van der Waals surface area contributed by atoms with E-state index in [0.717, 1.165) is 35.4 Å². The Morgan fingerprint density at radius 1 is 1.19 bits per heavy atom. The van der Waals surface area contributed by atoms with Gasteiger partial charge in [-0.3, -0.25) is 4.99 Å². The number of aromatic nitrogens is 1. The molecule has 0 aliphatic heterocycles. The molecule has 0 saturated heterocycles. The highest BCUT2D eigenvalue weighted by molar-refractivity contribution is 5.79. The zero-order chi connectivity index (χ0) is 19.1. The molecule has 1 aromatic heterocycles. The van der Waals surface area contributed by atoms with E-state index in [4.69, 9.17) is 9.47 Å². The van der Waals surface area contributed by atoms with Gasteiger partial charge in [-0.15, -0.1) is 0 Å². The highest BCUT2D eigenvalue weighted by Crippen LogP contribution is 2.29. The Hall–Kier alpha value is -2.76. The van der Waals surface area contributed by atoms with Gasteiger partial charge in [-0.05, 0) is 48.9 Å². The number of ether oxygens (including phenoxy) is 2. The maximum absolute atomic E-state index is 5.75. The lowest BCUT2D eigenvalue weighted by Crippen LogP contribution is -2.36. The third kappa shape index (κ3) is 5.88. The van der Waals surface area contributed by atoms with Crippen LogP contribution in [0.4, 0.5) is 0 Å². The first-order valence-corrected chi connectivity index (χ1v) is 9.33. The summed E-state index contributed by atoms with van der Waals surface area (Å²) in [6.45, 7) is 4.10. The second-order valence-electron chi connectivity index (χ2n) is 6.85. The van der Waals surface area contributed by atoms with E-state index < -0.39 is 0 Å². The van der Waals surface area contributed by atoms with Crippen molar-refractivity contribution in [3.63, 3.8) is 0 Å². The van der Waals surface area contributed by atoms with Crippen molar-refractivity contribution in [1.29, 1.82) is 0 Å². The van der Waals surface area contributed by atoms with Crippen molar-refractivity contribution in [2.75, 3.05) is 20.8 Å². The summed E-state index contributed by atoms with van der Waals surface area (Å²) >= 11 is 0. The van der Waals surface area contributed by atoms with Gasteiger partial charge in [0.2, 0.25) is 5.88 Å². The van der Waals surface area contributed by atoms with Crippen LogP contribution in [-0.2, 0) is 13.1 Å². The van der Waals surface area contributed by atoms with Crippen molar-refractivity contribution in [3.8, 4) is 11.6 Å².